The number of hydrogen-bond acceptors (Lipinski definition) is 1. The van der Waals surface area contributed by atoms with E-state index in [0.29, 0.717) is 0 Å². The van der Waals surface area contributed by atoms with E-state index in [0.717, 1.165) is 4.47 Å². The summed E-state index contributed by atoms with van der Waals surface area (Å²) in [5.74, 6) is 0. The Morgan fingerprint density at radius 3 is 2.23 bits per heavy atom. The van der Waals surface area contributed by atoms with Gasteiger partial charge in [0.2, 0.25) is 0 Å². The lowest BCUT2D eigenvalue weighted by Gasteiger charge is -2.28. The Morgan fingerprint density at radius 1 is 1.00 bits per heavy atom. The largest absolute Gasteiger partial charge is 0.372 e. The molecular weight excluding hydrogens is 226 g/mol. The minimum Gasteiger partial charge on any atom is -0.372 e. The number of anilines is 1. The van der Waals surface area contributed by atoms with Gasteiger partial charge in [0, 0.05) is 23.2 Å². The van der Waals surface area contributed by atoms with Crippen molar-refractivity contribution in [3.63, 3.8) is 0 Å². The number of benzene rings is 1. The Morgan fingerprint density at radius 2 is 1.62 bits per heavy atom. The van der Waals surface area contributed by atoms with Gasteiger partial charge in [0.1, 0.15) is 0 Å². The molecule has 0 atom stereocenters. The normalized spacial score (nSPS) is 17.5. The number of halogens is 1. The molecule has 1 aromatic carbocycles. The lowest BCUT2D eigenvalue weighted by Crippen LogP contribution is -2.29. The summed E-state index contributed by atoms with van der Waals surface area (Å²) in [5, 5.41) is 0. The number of hydrogen-bond donors (Lipinski definition) is 0. The summed E-state index contributed by atoms with van der Waals surface area (Å²) < 4.78 is 1.15. The number of rotatable bonds is 1. The first-order valence-electron chi connectivity index (χ1n) is 4.68. The molecule has 1 radical (unpaired) electrons. The Labute approximate surface area is 87.9 Å². The third kappa shape index (κ3) is 2.25. The van der Waals surface area contributed by atoms with Crippen molar-refractivity contribution in [2.45, 2.75) is 12.8 Å². The maximum atomic E-state index is 3.44. The van der Waals surface area contributed by atoms with Crippen molar-refractivity contribution in [2.75, 3.05) is 18.0 Å². The van der Waals surface area contributed by atoms with Gasteiger partial charge in [-0.1, -0.05) is 15.9 Å². The molecule has 0 unspecified atom stereocenters. The first kappa shape index (κ1) is 9.07. The molecule has 2 heteroatoms. The molecule has 0 aromatic heterocycles. The second-order valence-electron chi connectivity index (χ2n) is 3.33. The highest BCUT2D eigenvalue weighted by molar-refractivity contribution is 9.10. The zero-order chi connectivity index (χ0) is 9.10. The molecule has 0 bridgehead atoms. The maximum absolute atomic E-state index is 3.44. The molecule has 13 heavy (non-hydrogen) atoms. The van der Waals surface area contributed by atoms with Crippen LogP contribution in [0.1, 0.15) is 12.8 Å². The van der Waals surface area contributed by atoms with E-state index >= 15 is 0 Å². The molecule has 0 N–H and O–H groups in total. The summed E-state index contributed by atoms with van der Waals surface area (Å²) in [6.07, 6.45) is 4.81. The van der Waals surface area contributed by atoms with Crippen molar-refractivity contribution in [1.82, 2.24) is 0 Å². The highest BCUT2D eigenvalue weighted by atomic mass is 79.9. The van der Waals surface area contributed by atoms with Crippen LogP contribution in [0, 0.1) is 6.42 Å². The summed E-state index contributed by atoms with van der Waals surface area (Å²) in [6, 6.07) is 8.56. The van der Waals surface area contributed by atoms with Crippen LogP contribution in [0.15, 0.2) is 28.7 Å². The van der Waals surface area contributed by atoms with E-state index in [-0.39, 0.29) is 0 Å². The van der Waals surface area contributed by atoms with Gasteiger partial charge < -0.3 is 4.90 Å². The number of nitrogens with zero attached hydrogens (tertiary/aromatic N) is 1. The molecule has 0 amide bonds. The third-order valence-corrected chi connectivity index (χ3v) is 2.93. The SMILES string of the molecule is Brc1ccc(N2CC[CH]CC2)cc1. The van der Waals surface area contributed by atoms with Crippen LogP contribution in [0.5, 0.6) is 0 Å². The van der Waals surface area contributed by atoms with Crippen molar-refractivity contribution in [3.05, 3.63) is 35.2 Å². The van der Waals surface area contributed by atoms with Crippen molar-refractivity contribution >= 4 is 21.6 Å². The smallest absolute Gasteiger partial charge is 0.0366 e. The predicted octanol–water partition coefficient (Wildman–Crippen LogP) is 3.25. The second-order valence-corrected chi connectivity index (χ2v) is 4.25. The van der Waals surface area contributed by atoms with Crippen LogP contribution in [0.4, 0.5) is 5.69 Å². The average molecular weight is 239 g/mol. The lowest BCUT2D eigenvalue weighted by atomic mass is 10.1. The third-order valence-electron chi connectivity index (χ3n) is 2.40. The van der Waals surface area contributed by atoms with Gasteiger partial charge in [-0.3, -0.25) is 0 Å². The van der Waals surface area contributed by atoms with Gasteiger partial charge in [0.25, 0.3) is 0 Å². The summed E-state index contributed by atoms with van der Waals surface area (Å²) in [7, 11) is 0. The summed E-state index contributed by atoms with van der Waals surface area (Å²) >= 11 is 3.44. The van der Waals surface area contributed by atoms with Crippen LogP contribution in [-0.2, 0) is 0 Å². The fourth-order valence-corrected chi connectivity index (χ4v) is 1.92. The van der Waals surface area contributed by atoms with Gasteiger partial charge in [-0.2, -0.15) is 0 Å². The fourth-order valence-electron chi connectivity index (χ4n) is 1.66. The standard InChI is InChI=1S/C11H13BrN/c12-10-4-6-11(7-5-10)13-8-2-1-3-9-13/h1,4-7H,2-3,8-9H2. The zero-order valence-electron chi connectivity index (χ0n) is 7.54. The zero-order valence-corrected chi connectivity index (χ0v) is 9.13. The highest BCUT2D eigenvalue weighted by Gasteiger charge is 2.09. The van der Waals surface area contributed by atoms with Crippen LogP contribution in [0.3, 0.4) is 0 Å². The van der Waals surface area contributed by atoms with E-state index < -0.39 is 0 Å². The Hall–Kier alpha value is -0.500. The first-order chi connectivity index (χ1) is 6.36. The number of piperidine rings is 1. The van der Waals surface area contributed by atoms with Gasteiger partial charge in [0.05, 0.1) is 0 Å². The van der Waals surface area contributed by atoms with Gasteiger partial charge in [-0.05, 0) is 43.5 Å². The van der Waals surface area contributed by atoms with Gasteiger partial charge >= 0.3 is 0 Å². The lowest BCUT2D eigenvalue weighted by molar-refractivity contribution is 0.679. The topological polar surface area (TPSA) is 3.24 Å². The average Bonchev–Trinajstić information content (AvgIpc) is 2.20. The van der Waals surface area contributed by atoms with Crippen LogP contribution in [0.25, 0.3) is 0 Å². The Bertz CT molecular complexity index is 262. The predicted molar refractivity (Wildman–Crippen MR) is 59.9 cm³/mol. The molecular formula is C11H13BrN. The summed E-state index contributed by atoms with van der Waals surface area (Å²) in [5.41, 5.74) is 1.34. The molecule has 1 heterocycles. The van der Waals surface area contributed by atoms with E-state index in [1.165, 1.54) is 31.6 Å². The molecule has 69 valence electrons. The van der Waals surface area contributed by atoms with Crippen molar-refractivity contribution in [1.29, 1.82) is 0 Å². The van der Waals surface area contributed by atoms with E-state index in [1.54, 1.807) is 0 Å². The van der Waals surface area contributed by atoms with Gasteiger partial charge in [-0.25, -0.2) is 0 Å². The summed E-state index contributed by atoms with van der Waals surface area (Å²) in [4.78, 5) is 2.44. The van der Waals surface area contributed by atoms with Crippen molar-refractivity contribution in [2.24, 2.45) is 0 Å². The van der Waals surface area contributed by atoms with E-state index in [2.05, 4.69) is 51.5 Å². The Kier molecular flexibility index (Phi) is 2.89. The van der Waals surface area contributed by atoms with Crippen LogP contribution >= 0.6 is 15.9 Å². The molecule has 1 aliphatic rings. The fraction of sp³-hybridized carbons (Fsp3) is 0.364. The van der Waals surface area contributed by atoms with Crippen LogP contribution in [-0.4, -0.2) is 13.1 Å². The van der Waals surface area contributed by atoms with Crippen molar-refractivity contribution in [3.8, 4) is 0 Å². The minimum atomic E-state index is 1.15. The summed E-state index contributed by atoms with van der Waals surface area (Å²) in [6.45, 7) is 2.34. The molecule has 1 aromatic rings. The van der Waals surface area contributed by atoms with E-state index in [1.807, 2.05) is 0 Å². The molecule has 0 spiro atoms. The quantitative estimate of drug-likeness (QED) is 0.727. The van der Waals surface area contributed by atoms with Gasteiger partial charge in [0.15, 0.2) is 0 Å². The highest BCUT2D eigenvalue weighted by Crippen LogP contribution is 2.21. The van der Waals surface area contributed by atoms with E-state index in [9.17, 15) is 0 Å². The van der Waals surface area contributed by atoms with Gasteiger partial charge in [-0.15, -0.1) is 0 Å². The minimum absolute atomic E-state index is 1.15. The molecule has 2 rings (SSSR count). The molecule has 1 fully saturated rings. The second kappa shape index (κ2) is 4.14. The molecule has 1 saturated heterocycles. The van der Waals surface area contributed by atoms with Crippen LogP contribution < -0.4 is 4.90 Å². The molecule has 0 saturated carbocycles. The monoisotopic (exact) mass is 238 g/mol. The molecule has 0 aliphatic carbocycles. The van der Waals surface area contributed by atoms with E-state index in [4.69, 9.17) is 0 Å². The first-order valence-corrected chi connectivity index (χ1v) is 5.48. The van der Waals surface area contributed by atoms with Crippen LogP contribution in [0.2, 0.25) is 0 Å². The molecule has 1 aliphatic heterocycles. The maximum Gasteiger partial charge on any atom is 0.0366 e. The molecule has 1 nitrogen and oxygen atoms in total. The Balaban J connectivity index is 2.10. The van der Waals surface area contributed by atoms with Crippen molar-refractivity contribution < 1.29 is 0 Å².